The highest BCUT2D eigenvalue weighted by Crippen LogP contribution is 2.22. The van der Waals surface area contributed by atoms with Crippen LogP contribution in [0.4, 0.5) is 0 Å². The zero-order valence-electron chi connectivity index (χ0n) is 11.7. The molecule has 6 heteroatoms. The molecular formula is C15H19Cl2NO3. The number of ether oxygens (including phenoxy) is 1. The van der Waals surface area contributed by atoms with Crippen molar-refractivity contribution in [2.24, 2.45) is 0 Å². The van der Waals surface area contributed by atoms with E-state index in [0.29, 0.717) is 28.8 Å². The molecule has 0 spiro atoms. The third kappa shape index (κ3) is 4.94. The van der Waals surface area contributed by atoms with Crippen molar-refractivity contribution in [3.05, 3.63) is 33.8 Å². The summed E-state index contributed by atoms with van der Waals surface area (Å²) in [6, 6.07) is 4.94. The molecule has 21 heavy (non-hydrogen) atoms. The van der Waals surface area contributed by atoms with E-state index in [1.54, 1.807) is 18.2 Å². The van der Waals surface area contributed by atoms with Gasteiger partial charge in [-0.1, -0.05) is 23.2 Å². The highest BCUT2D eigenvalue weighted by atomic mass is 35.5. The molecule has 0 bridgehead atoms. The smallest absolute Gasteiger partial charge is 0.178 e. The number of aliphatic hydroxyl groups is 1. The summed E-state index contributed by atoms with van der Waals surface area (Å²) in [6.07, 6.45) is 1.94. The van der Waals surface area contributed by atoms with Crippen molar-refractivity contribution in [3.8, 4) is 0 Å². The minimum Gasteiger partial charge on any atom is -0.394 e. The zero-order chi connectivity index (χ0) is 15.2. The molecule has 0 saturated carbocycles. The number of aliphatic hydroxyl groups excluding tert-OH is 1. The standard InChI is InChI=1S/C15H19Cl2NO3/c16-11-1-2-13(14(17)9-11)15(20)10-18-5-3-12(4-6-18)21-8-7-19/h1-2,9,12,19H,3-8,10H2. The molecular weight excluding hydrogens is 313 g/mol. The third-order valence-electron chi connectivity index (χ3n) is 3.58. The molecule has 1 aliphatic rings. The number of hydrogen-bond donors (Lipinski definition) is 1. The average Bonchev–Trinajstić information content (AvgIpc) is 2.46. The first-order valence-corrected chi connectivity index (χ1v) is 7.79. The lowest BCUT2D eigenvalue weighted by atomic mass is 10.1. The van der Waals surface area contributed by atoms with Crippen LogP contribution in [0.1, 0.15) is 23.2 Å². The second-order valence-corrected chi connectivity index (χ2v) is 5.96. The van der Waals surface area contributed by atoms with Crippen molar-refractivity contribution in [2.45, 2.75) is 18.9 Å². The van der Waals surface area contributed by atoms with Crippen LogP contribution in [-0.2, 0) is 4.74 Å². The van der Waals surface area contributed by atoms with Crippen LogP contribution in [0.2, 0.25) is 10.0 Å². The summed E-state index contributed by atoms with van der Waals surface area (Å²) in [5.41, 5.74) is 0.514. The Morgan fingerprint density at radius 3 is 2.67 bits per heavy atom. The van der Waals surface area contributed by atoms with Crippen LogP contribution in [0.25, 0.3) is 0 Å². The van der Waals surface area contributed by atoms with E-state index in [-0.39, 0.29) is 18.5 Å². The molecule has 0 aromatic heterocycles. The van der Waals surface area contributed by atoms with Gasteiger partial charge in [-0.2, -0.15) is 0 Å². The molecule has 1 aromatic carbocycles. The Balaban J connectivity index is 1.84. The Morgan fingerprint density at radius 1 is 1.33 bits per heavy atom. The van der Waals surface area contributed by atoms with Gasteiger partial charge in [0.25, 0.3) is 0 Å². The number of rotatable bonds is 6. The molecule has 0 aliphatic carbocycles. The Kier molecular flexibility index (Phi) is 6.45. The van der Waals surface area contributed by atoms with Gasteiger partial charge in [0.15, 0.2) is 5.78 Å². The highest BCUT2D eigenvalue weighted by Gasteiger charge is 2.22. The molecule has 2 rings (SSSR count). The van der Waals surface area contributed by atoms with Crippen molar-refractivity contribution in [1.82, 2.24) is 4.90 Å². The van der Waals surface area contributed by atoms with Crippen LogP contribution in [0, 0.1) is 0 Å². The molecule has 0 atom stereocenters. The molecule has 1 fully saturated rings. The number of likely N-dealkylation sites (tertiary alicyclic amines) is 1. The van der Waals surface area contributed by atoms with Gasteiger partial charge in [-0.05, 0) is 31.0 Å². The van der Waals surface area contributed by atoms with Crippen LogP contribution in [0.5, 0.6) is 0 Å². The lowest BCUT2D eigenvalue weighted by Gasteiger charge is -2.31. The minimum atomic E-state index is 0.00592. The fourth-order valence-corrected chi connectivity index (χ4v) is 2.97. The Bertz CT molecular complexity index is 488. The molecule has 1 heterocycles. The molecule has 0 radical (unpaired) electrons. The lowest BCUT2D eigenvalue weighted by Crippen LogP contribution is -2.40. The van der Waals surface area contributed by atoms with Crippen molar-refractivity contribution in [3.63, 3.8) is 0 Å². The van der Waals surface area contributed by atoms with E-state index in [0.717, 1.165) is 25.9 Å². The van der Waals surface area contributed by atoms with Crippen LogP contribution in [-0.4, -0.2) is 54.7 Å². The van der Waals surface area contributed by atoms with Gasteiger partial charge in [0, 0.05) is 23.7 Å². The first-order chi connectivity index (χ1) is 10.1. The molecule has 1 aromatic rings. The predicted molar refractivity (Wildman–Crippen MR) is 83.3 cm³/mol. The van der Waals surface area contributed by atoms with Gasteiger partial charge in [-0.3, -0.25) is 9.69 Å². The van der Waals surface area contributed by atoms with Crippen LogP contribution >= 0.6 is 23.2 Å². The van der Waals surface area contributed by atoms with E-state index >= 15 is 0 Å². The monoisotopic (exact) mass is 331 g/mol. The first kappa shape index (κ1) is 16.7. The van der Waals surface area contributed by atoms with Gasteiger partial charge in [-0.15, -0.1) is 0 Å². The summed E-state index contributed by atoms with van der Waals surface area (Å²) in [5.74, 6) is 0.00592. The second kappa shape index (κ2) is 8.11. The van der Waals surface area contributed by atoms with Crippen LogP contribution in [0.3, 0.4) is 0 Å². The molecule has 0 amide bonds. The van der Waals surface area contributed by atoms with Gasteiger partial charge >= 0.3 is 0 Å². The predicted octanol–water partition coefficient (Wildman–Crippen LogP) is 2.65. The summed E-state index contributed by atoms with van der Waals surface area (Å²) in [6.45, 7) is 2.41. The quantitative estimate of drug-likeness (QED) is 0.814. The maximum Gasteiger partial charge on any atom is 0.178 e. The number of ketones is 1. The third-order valence-corrected chi connectivity index (χ3v) is 4.13. The highest BCUT2D eigenvalue weighted by molar-refractivity contribution is 6.36. The average molecular weight is 332 g/mol. The van der Waals surface area contributed by atoms with Crippen molar-refractivity contribution >= 4 is 29.0 Å². The van der Waals surface area contributed by atoms with Gasteiger partial charge < -0.3 is 9.84 Å². The summed E-state index contributed by atoms with van der Waals surface area (Å²) >= 11 is 11.9. The normalized spacial score (nSPS) is 17.1. The van der Waals surface area contributed by atoms with Gasteiger partial charge in [0.1, 0.15) is 0 Å². The summed E-state index contributed by atoms with van der Waals surface area (Å²) < 4.78 is 5.50. The van der Waals surface area contributed by atoms with Crippen molar-refractivity contribution in [1.29, 1.82) is 0 Å². The van der Waals surface area contributed by atoms with E-state index in [1.807, 2.05) is 0 Å². The molecule has 0 unspecified atom stereocenters. The number of carbonyl (C=O) groups excluding carboxylic acids is 1. The Hall–Kier alpha value is -0.650. The summed E-state index contributed by atoms with van der Waals surface area (Å²) in [4.78, 5) is 14.4. The molecule has 116 valence electrons. The van der Waals surface area contributed by atoms with Crippen molar-refractivity contribution < 1.29 is 14.6 Å². The van der Waals surface area contributed by atoms with E-state index in [1.165, 1.54) is 0 Å². The summed E-state index contributed by atoms with van der Waals surface area (Å²) in [5, 5.41) is 9.66. The van der Waals surface area contributed by atoms with E-state index in [9.17, 15) is 4.79 Å². The number of hydrogen-bond acceptors (Lipinski definition) is 4. The molecule has 1 N–H and O–H groups in total. The van der Waals surface area contributed by atoms with Crippen LogP contribution in [0.15, 0.2) is 18.2 Å². The van der Waals surface area contributed by atoms with E-state index in [2.05, 4.69) is 4.90 Å². The summed E-state index contributed by atoms with van der Waals surface area (Å²) in [7, 11) is 0. The maximum absolute atomic E-state index is 12.3. The van der Waals surface area contributed by atoms with Gasteiger partial charge in [-0.25, -0.2) is 0 Å². The fourth-order valence-electron chi connectivity index (χ4n) is 2.46. The largest absolute Gasteiger partial charge is 0.394 e. The molecule has 1 aliphatic heterocycles. The SMILES string of the molecule is O=C(CN1CCC(OCCO)CC1)c1ccc(Cl)cc1Cl. The van der Waals surface area contributed by atoms with Gasteiger partial charge in [0.05, 0.1) is 30.9 Å². The number of Topliss-reactive ketones (excluding diaryl/α,β-unsaturated/α-hetero) is 1. The number of carbonyl (C=O) groups is 1. The zero-order valence-corrected chi connectivity index (χ0v) is 13.2. The minimum absolute atomic E-state index is 0.00592. The van der Waals surface area contributed by atoms with E-state index < -0.39 is 0 Å². The topological polar surface area (TPSA) is 49.8 Å². The second-order valence-electron chi connectivity index (χ2n) is 5.12. The lowest BCUT2D eigenvalue weighted by molar-refractivity contribution is -0.00689. The maximum atomic E-state index is 12.3. The number of nitrogens with zero attached hydrogens (tertiary/aromatic N) is 1. The van der Waals surface area contributed by atoms with Crippen LogP contribution < -0.4 is 0 Å². The fraction of sp³-hybridized carbons (Fsp3) is 0.533. The van der Waals surface area contributed by atoms with Crippen molar-refractivity contribution in [2.75, 3.05) is 32.8 Å². The number of benzene rings is 1. The Labute approximate surface area is 134 Å². The number of halogens is 2. The Morgan fingerprint density at radius 2 is 2.05 bits per heavy atom. The molecule has 4 nitrogen and oxygen atoms in total. The molecule has 1 saturated heterocycles. The number of piperidine rings is 1. The van der Waals surface area contributed by atoms with E-state index in [4.69, 9.17) is 33.0 Å². The van der Waals surface area contributed by atoms with Gasteiger partial charge in [0.2, 0.25) is 0 Å². The first-order valence-electron chi connectivity index (χ1n) is 7.03.